The fourth-order valence-electron chi connectivity index (χ4n) is 3.67. The van der Waals surface area contributed by atoms with Crippen molar-refractivity contribution in [2.75, 3.05) is 12.0 Å². The summed E-state index contributed by atoms with van der Waals surface area (Å²) in [5, 5.41) is 2.23. The number of rotatable bonds is 6. The summed E-state index contributed by atoms with van der Waals surface area (Å²) in [6.45, 7) is 3.67. The fourth-order valence-corrected chi connectivity index (χ4v) is 3.67. The molecular weight excluding hydrogens is 451 g/mol. The number of hydrogen-bond acceptors (Lipinski definition) is 5. The Morgan fingerprint density at radius 3 is 2.54 bits per heavy atom. The first-order chi connectivity index (χ1) is 16.8. The van der Waals surface area contributed by atoms with Gasteiger partial charge in [-0.25, -0.2) is 14.1 Å². The number of methoxy groups -OCH3 is 1. The van der Waals surface area contributed by atoms with Crippen molar-refractivity contribution in [3.8, 4) is 11.5 Å². The second-order valence-electron chi connectivity index (χ2n) is 8.07. The van der Waals surface area contributed by atoms with Gasteiger partial charge in [0.2, 0.25) is 0 Å². The zero-order valence-electron chi connectivity index (χ0n) is 19.4. The summed E-state index contributed by atoms with van der Waals surface area (Å²) >= 11 is 0. The summed E-state index contributed by atoms with van der Waals surface area (Å²) in [5.41, 5.74) is 2.74. The number of nitrogens with one attached hydrogen (secondary N) is 1. The minimum Gasteiger partial charge on any atom is -0.497 e. The largest absolute Gasteiger partial charge is 0.497 e. The van der Waals surface area contributed by atoms with Crippen LogP contribution in [0.4, 0.5) is 14.9 Å². The number of amides is 4. The van der Waals surface area contributed by atoms with E-state index < -0.39 is 17.8 Å². The van der Waals surface area contributed by atoms with E-state index in [1.165, 1.54) is 25.3 Å². The number of hydrogen-bond donors (Lipinski definition) is 1. The highest BCUT2D eigenvalue weighted by Gasteiger charge is 2.37. The molecule has 4 amide bonds. The highest BCUT2D eigenvalue weighted by atomic mass is 19.1. The Morgan fingerprint density at radius 2 is 1.80 bits per heavy atom. The molecule has 1 aliphatic rings. The molecule has 1 saturated heterocycles. The summed E-state index contributed by atoms with van der Waals surface area (Å²) in [6, 6.07) is 15.4. The van der Waals surface area contributed by atoms with Gasteiger partial charge < -0.3 is 9.47 Å². The van der Waals surface area contributed by atoms with E-state index in [1.54, 1.807) is 49.4 Å². The lowest BCUT2D eigenvalue weighted by molar-refractivity contribution is -0.122. The minimum atomic E-state index is -0.817. The van der Waals surface area contributed by atoms with Gasteiger partial charge in [0.15, 0.2) is 0 Å². The Hall–Kier alpha value is -4.46. The predicted octanol–water partition coefficient (Wildman–Crippen LogP) is 4.70. The van der Waals surface area contributed by atoms with Crippen molar-refractivity contribution in [2.45, 2.75) is 20.5 Å². The van der Waals surface area contributed by atoms with Crippen molar-refractivity contribution >= 4 is 29.6 Å². The van der Waals surface area contributed by atoms with Crippen molar-refractivity contribution in [1.82, 2.24) is 5.32 Å². The summed E-state index contributed by atoms with van der Waals surface area (Å²) in [5.74, 6) is -1.14. The number of anilines is 1. The van der Waals surface area contributed by atoms with Gasteiger partial charge >= 0.3 is 6.03 Å². The summed E-state index contributed by atoms with van der Waals surface area (Å²) in [6.07, 6.45) is 1.36. The van der Waals surface area contributed by atoms with Crippen LogP contribution in [0.25, 0.3) is 6.08 Å². The number of barbiturate groups is 1. The molecule has 0 saturated carbocycles. The molecule has 8 heteroatoms. The Kier molecular flexibility index (Phi) is 6.64. The molecule has 1 aliphatic heterocycles. The second-order valence-corrected chi connectivity index (χ2v) is 8.07. The molecule has 178 valence electrons. The van der Waals surface area contributed by atoms with Crippen LogP contribution in [0.3, 0.4) is 0 Å². The Bertz CT molecular complexity index is 1370. The molecule has 0 aliphatic carbocycles. The van der Waals surface area contributed by atoms with Crippen molar-refractivity contribution in [3.63, 3.8) is 0 Å². The van der Waals surface area contributed by atoms with Gasteiger partial charge in [-0.3, -0.25) is 14.9 Å². The van der Waals surface area contributed by atoms with Crippen LogP contribution in [0.2, 0.25) is 0 Å². The van der Waals surface area contributed by atoms with Crippen molar-refractivity contribution in [1.29, 1.82) is 0 Å². The third-order valence-electron chi connectivity index (χ3n) is 5.51. The number of ether oxygens (including phenoxy) is 2. The topological polar surface area (TPSA) is 84.9 Å². The lowest BCUT2D eigenvalue weighted by atomic mass is 10.0. The molecule has 3 aromatic carbocycles. The number of carbonyl (C=O) groups excluding carboxylic acids is 3. The molecule has 7 nitrogen and oxygen atoms in total. The first kappa shape index (κ1) is 23.7. The van der Waals surface area contributed by atoms with Gasteiger partial charge in [0.05, 0.1) is 12.8 Å². The fraction of sp³-hybridized carbons (Fsp3) is 0.148. The zero-order chi connectivity index (χ0) is 25.1. The summed E-state index contributed by atoms with van der Waals surface area (Å²) in [4.78, 5) is 39.5. The number of halogens is 1. The quantitative estimate of drug-likeness (QED) is 0.414. The van der Waals surface area contributed by atoms with Crippen LogP contribution in [0.15, 0.2) is 66.2 Å². The van der Waals surface area contributed by atoms with E-state index in [2.05, 4.69) is 5.32 Å². The third-order valence-corrected chi connectivity index (χ3v) is 5.51. The average molecular weight is 474 g/mol. The molecule has 0 spiro atoms. The lowest BCUT2D eigenvalue weighted by Gasteiger charge is -2.28. The van der Waals surface area contributed by atoms with Crippen LogP contribution in [0.1, 0.15) is 22.3 Å². The van der Waals surface area contributed by atoms with Crippen LogP contribution in [0.5, 0.6) is 11.5 Å². The van der Waals surface area contributed by atoms with Gasteiger partial charge in [-0.15, -0.1) is 0 Å². The monoisotopic (exact) mass is 474 g/mol. The lowest BCUT2D eigenvalue weighted by Crippen LogP contribution is -2.54. The maximum atomic E-state index is 13.5. The highest BCUT2D eigenvalue weighted by molar-refractivity contribution is 6.39. The van der Waals surface area contributed by atoms with Crippen molar-refractivity contribution < 1.29 is 28.2 Å². The number of nitrogens with zero attached hydrogens (tertiary/aromatic N) is 1. The molecular formula is C27H23FN2O5. The normalized spacial score (nSPS) is 14.8. The van der Waals surface area contributed by atoms with Gasteiger partial charge in [-0.05, 0) is 66.9 Å². The Labute approximate surface area is 201 Å². The number of urea groups is 1. The molecule has 0 bridgehead atoms. The predicted molar refractivity (Wildman–Crippen MR) is 129 cm³/mol. The average Bonchev–Trinajstić information content (AvgIpc) is 2.83. The molecule has 3 aromatic rings. The molecule has 4 rings (SSSR count). The maximum absolute atomic E-state index is 13.5. The van der Waals surface area contributed by atoms with Crippen LogP contribution < -0.4 is 19.7 Å². The van der Waals surface area contributed by atoms with Crippen LogP contribution in [-0.4, -0.2) is 25.0 Å². The molecule has 35 heavy (non-hydrogen) atoms. The van der Waals surface area contributed by atoms with E-state index in [4.69, 9.17) is 9.47 Å². The highest BCUT2D eigenvalue weighted by Crippen LogP contribution is 2.30. The number of imide groups is 2. The van der Waals surface area contributed by atoms with E-state index in [0.717, 1.165) is 10.5 Å². The van der Waals surface area contributed by atoms with Crippen LogP contribution >= 0.6 is 0 Å². The van der Waals surface area contributed by atoms with Gasteiger partial charge in [0.1, 0.15) is 29.5 Å². The van der Waals surface area contributed by atoms with Gasteiger partial charge in [0, 0.05) is 11.6 Å². The molecule has 0 atom stereocenters. The molecule has 1 heterocycles. The Balaban J connectivity index is 1.71. The molecule has 1 N–H and O–H groups in total. The number of carbonyl (C=O) groups is 3. The molecule has 0 aromatic heterocycles. The third kappa shape index (κ3) is 5.06. The minimum absolute atomic E-state index is 0.0499. The molecule has 0 radical (unpaired) electrons. The SMILES string of the molecule is COc1ccc(/C=C2\C(=O)NC(=O)N(c3cc(C)ccc3C)C2=O)c(OCc2cccc(F)c2)c1. The smallest absolute Gasteiger partial charge is 0.335 e. The summed E-state index contributed by atoms with van der Waals surface area (Å²) < 4.78 is 24.7. The van der Waals surface area contributed by atoms with Gasteiger partial charge in [-0.1, -0.05) is 24.3 Å². The van der Waals surface area contributed by atoms with Crippen LogP contribution in [-0.2, 0) is 16.2 Å². The van der Waals surface area contributed by atoms with Crippen LogP contribution in [0, 0.1) is 19.7 Å². The van der Waals surface area contributed by atoms with Crippen molar-refractivity contribution in [3.05, 3.63) is 94.3 Å². The van der Waals surface area contributed by atoms with Gasteiger partial charge in [-0.2, -0.15) is 0 Å². The Morgan fingerprint density at radius 1 is 1.00 bits per heavy atom. The molecule has 1 fully saturated rings. The molecule has 0 unspecified atom stereocenters. The van der Waals surface area contributed by atoms with E-state index in [1.807, 2.05) is 13.0 Å². The number of benzene rings is 3. The second kappa shape index (κ2) is 9.80. The number of aryl methyl sites for hydroxylation is 2. The zero-order valence-corrected chi connectivity index (χ0v) is 19.4. The van der Waals surface area contributed by atoms with E-state index in [9.17, 15) is 18.8 Å². The van der Waals surface area contributed by atoms with E-state index >= 15 is 0 Å². The maximum Gasteiger partial charge on any atom is 0.335 e. The summed E-state index contributed by atoms with van der Waals surface area (Å²) in [7, 11) is 1.50. The van der Waals surface area contributed by atoms with E-state index in [0.29, 0.717) is 33.9 Å². The first-order valence-electron chi connectivity index (χ1n) is 10.8. The standard InChI is InChI=1S/C27H23FN2O5/c1-16-7-8-17(2)23(11-16)30-26(32)22(25(31)29-27(30)33)13-19-9-10-21(34-3)14-24(19)35-15-18-5-4-6-20(28)12-18/h4-14H,15H2,1-3H3,(H,29,31,33)/b22-13+. The van der Waals surface area contributed by atoms with Crippen molar-refractivity contribution in [2.24, 2.45) is 0 Å². The first-order valence-corrected chi connectivity index (χ1v) is 10.8. The van der Waals surface area contributed by atoms with Gasteiger partial charge in [0.25, 0.3) is 11.8 Å². The van der Waals surface area contributed by atoms with E-state index in [-0.39, 0.29) is 18.0 Å².